The summed E-state index contributed by atoms with van der Waals surface area (Å²) in [6.45, 7) is 5.90. The lowest BCUT2D eigenvalue weighted by molar-refractivity contribution is 0.102. The van der Waals surface area contributed by atoms with Crippen LogP contribution < -0.4 is 10.2 Å². The zero-order chi connectivity index (χ0) is 19.5. The summed E-state index contributed by atoms with van der Waals surface area (Å²) in [6, 6.07) is 12.9. The second-order valence-electron chi connectivity index (χ2n) is 6.33. The maximum atomic E-state index is 12.6. The highest BCUT2D eigenvalue weighted by Crippen LogP contribution is 2.23. The van der Waals surface area contributed by atoms with E-state index in [9.17, 15) is 4.79 Å². The third kappa shape index (κ3) is 3.46. The van der Waals surface area contributed by atoms with Crippen molar-refractivity contribution in [2.45, 2.75) is 13.8 Å². The van der Waals surface area contributed by atoms with Crippen LogP contribution in [0.5, 0.6) is 0 Å². The Morgan fingerprint density at radius 2 is 2.04 bits per heavy atom. The van der Waals surface area contributed by atoms with Gasteiger partial charge in [-0.1, -0.05) is 0 Å². The van der Waals surface area contributed by atoms with Crippen molar-refractivity contribution in [3.05, 3.63) is 60.5 Å². The summed E-state index contributed by atoms with van der Waals surface area (Å²) in [7, 11) is 0. The van der Waals surface area contributed by atoms with Crippen molar-refractivity contribution in [1.82, 2.24) is 15.0 Å². The molecule has 0 saturated heterocycles. The number of benzene rings is 1. The fraction of sp³-hybridized carbons (Fsp3) is 0.190. The lowest BCUT2D eigenvalue weighted by Crippen LogP contribution is -2.23. The number of rotatable bonds is 6. The predicted octanol–water partition coefficient (Wildman–Crippen LogP) is 4.32. The minimum Gasteiger partial charge on any atom is -0.461 e. The highest BCUT2D eigenvalue weighted by atomic mass is 16.3. The molecule has 28 heavy (non-hydrogen) atoms. The summed E-state index contributed by atoms with van der Waals surface area (Å²) in [4.78, 5) is 26.8. The molecule has 0 fully saturated rings. The Labute approximate surface area is 162 Å². The van der Waals surface area contributed by atoms with Gasteiger partial charge in [-0.15, -0.1) is 0 Å². The van der Waals surface area contributed by atoms with Gasteiger partial charge in [0.2, 0.25) is 0 Å². The van der Waals surface area contributed by atoms with Crippen LogP contribution in [0.15, 0.2) is 59.3 Å². The zero-order valence-corrected chi connectivity index (χ0v) is 15.8. The third-order valence-corrected chi connectivity index (χ3v) is 4.59. The molecular weight excluding hydrogens is 354 g/mol. The molecule has 0 saturated carbocycles. The van der Waals surface area contributed by atoms with Gasteiger partial charge < -0.3 is 19.6 Å². The minimum absolute atomic E-state index is 0.205. The normalized spacial score (nSPS) is 10.9. The van der Waals surface area contributed by atoms with Crippen LogP contribution in [0.2, 0.25) is 0 Å². The van der Waals surface area contributed by atoms with Gasteiger partial charge in [-0.25, -0.2) is 9.97 Å². The maximum Gasteiger partial charge on any atom is 0.257 e. The van der Waals surface area contributed by atoms with Crippen LogP contribution >= 0.6 is 0 Å². The number of fused-ring (bicyclic) bond motifs is 1. The molecule has 0 aliphatic rings. The summed E-state index contributed by atoms with van der Waals surface area (Å²) in [6.07, 6.45) is 3.21. The van der Waals surface area contributed by atoms with Crippen molar-refractivity contribution in [1.29, 1.82) is 0 Å². The van der Waals surface area contributed by atoms with Gasteiger partial charge in [-0.2, -0.15) is 0 Å². The van der Waals surface area contributed by atoms with Gasteiger partial charge in [-0.3, -0.25) is 4.79 Å². The van der Waals surface area contributed by atoms with E-state index in [4.69, 9.17) is 4.42 Å². The van der Waals surface area contributed by atoms with Gasteiger partial charge in [-0.05, 0) is 56.3 Å². The first kappa shape index (κ1) is 17.8. The molecule has 0 bridgehead atoms. The number of hydrogen-bond acceptors (Lipinski definition) is 5. The lowest BCUT2D eigenvalue weighted by atomic mass is 10.2. The molecule has 0 aliphatic carbocycles. The number of carbonyl (C=O) groups is 1. The van der Waals surface area contributed by atoms with Crippen molar-refractivity contribution in [2.24, 2.45) is 0 Å². The molecular formula is C21H21N5O2. The second-order valence-corrected chi connectivity index (χ2v) is 6.33. The average Bonchev–Trinajstić information content (AvgIpc) is 3.38. The van der Waals surface area contributed by atoms with Gasteiger partial charge in [0, 0.05) is 25.0 Å². The number of aromatic amines is 1. The van der Waals surface area contributed by atoms with Gasteiger partial charge >= 0.3 is 0 Å². The van der Waals surface area contributed by atoms with E-state index in [1.807, 2.05) is 36.4 Å². The van der Waals surface area contributed by atoms with Crippen molar-refractivity contribution < 1.29 is 9.21 Å². The highest BCUT2D eigenvalue weighted by Gasteiger charge is 2.11. The molecule has 7 nitrogen and oxygen atoms in total. The molecule has 1 amide bonds. The van der Waals surface area contributed by atoms with E-state index in [-0.39, 0.29) is 5.91 Å². The molecule has 0 spiro atoms. The Morgan fingerprint density at radius 3 is 2.71 bits per heavy atom. The Morgan fingerprint density at radius 1 is 1.18 bits per heavy atom. The van der Waals surface area contributed by atoms with Crippen LogP contribution in [0.1, 0.15) is 24.2 Å². The molecule has 3 aromatic heterocycles. The van der Waals surface area contributed by atoms with Gasteiger partial charge in [0.1, 0.15) is 5.82 Å². The topological polar surface area (TPSA) is 87.0 Å². The number of furan rings is 1. The number of aromatic nitrogens is 3. The Bertz CT molecular complexity index is 1080. The van der Waals surface area contributed by atoms with Crippen LogP contribution in [0.4, 0.5) is 11.5 Å². The van der Waals surface area contributed by atoms with Gasteiger partial charge in [0.05, 0.1) is 22.9 Å². The van der Waals surface area contributed by atoms with E-state index < -0.39 is 0 Å². The molecule has 7 heteroatoms. The number of carbonyl (C=O) groups excluding carboxylic acids is 1. The molecule has 4 aromatic rings. The summed E-state index contributed by atoms with van der Waals surface area (Å²) < 4.78 is 5.37. The molecule has 1 aromatic carbocycles. The Balaban J connectivity index is 1.51. The first-order valence-electron chi connectivity index (χ1n) is 9.24. The quantitative estimate of drug-likeness (QED) is 0.524. The van der Waals surface area contributed by atoms with Crippen molar-refractivity contribution in [2.75, 3.05) is 23.3 Å². The smallest absolute Gasteiger partial charge is 0.257 e. The molecule has 142 valence electrons. The number of pyridine rings is 1. The van der Waals surface area contributed by atoms with Crippen molar-refractivity contribution >= 4 is 28.4 Å². The van der Waals surface area contributed by atoms with E-state index in [1.165, 1.54) is 0 Å². The Kier molecular flexibility index (Phi) is 4.80. The minimum atomic E-state index is -0.205. The van der Waals surface area contributed by atoms with Crippen LogP contribution in [-0.2, 0) is 0 Å². The largest absolute Gasteiger partial charge is 0.461 e. The van der Waals surface area contributed by atoms with Crippen LogP contribution in [-0.4, -0.2) is 33.9 Å². The summed E-state index contributed by atoms with van der Waals surface area (Å²) in [5, 5.41) is 2.91. The Hall–Kier alpha value is -3.61. The number of hydrogen-bond donors (Lipinski definition) is 2. The number of anilines is 2. The number of imidazole rings is 1. The first-order chi connectivity index (χ1) is 13.7. The number of nitrogens with one attached hydrogen (secondary N) is 2. The summed E-state index contributed by atoms with van der Waals surface area (Å²) in [5.74, 6) is 1.98. The number of amides is 1. The van der Waals surface area contributed by atoms with Gasteiger partial charge in [0.15, 0.2) is 11.6 Å². The monoisotopic (exact) mass is 375 g/mol. The lowest BCUT2D eigenvalue weighted by Gasteiger charge is -2.19. The van der Waals surface area contributed by atoms with Crippen LogP contribution in [0.3, 0.4) is 0 Å². The summed E-state index contributed by atoms with van der Waals surface area (Å²) >= 11 is 0. The fourth-order valence-corrected chi connectivity index (χ4v) is 3.08. The molecule has 2 N–H and O–H groups in total. The summed E-state index contributed by atoms with van der Waals surface area (Å²) in [5.41, 5.74) is 2.81. The standard InChI is InChI=1S/C21H21N5O2/c1-3-26(4-2)19-10-7-14(13-22-19)21(27)23-15-8-9-16-17(12-15)25-20(24-16)18-6-5-11-28-18/h5-13H,3-4H2,1-2H3,(H,23,27)(H,24,25). The van der Waals surface area contributed by atoms with Crippen molar-refractivity contribution in [3.63, 3.8) is 0 Å². The van der Waals surface area contributed by atoms with Crippen LogP contribution in [0, 0.1) is 0 Å². The van der Waals surface area contributed by atoms with E-state index in [1.54, 1.807) is 18.5 Å². The fourth-order valence-electron chi connectivity index (χ4n) is 3.08. The average molecular weight is 375 g/mol. The molecule has 3 heterocycles. The molecule has 0 unspecified atom stereocenters. The van der Waals surface area contributed by atoms with Gasteiger partial charge in [0.25, 0.3) is 5.91 Å². The van der Waals surface area contributed by atoms with E-state index in [0.717, 1.165) is 29.9 Å². The van der Waals surface area contributed by atoms with Crippen molar-refractivity contribution in [3.8, 4) is 11.6 Å². The number of nitrogens with zero attached hydrogens (tertiary/aromatic N) is 3. The molecule has 0 radical (unpaired) electrons. The van der Waals surface area contributed by atoms with E-state index >= 15 is 0 Å². The molecule has 0 atom stereocenters. The maximum absolute atomic E-state index is 12.6. The molecule has 0 aliphatic heterocycles. The third-order valence-electron chi connectivity index (χ3n) is 4.59. The molecule has 4 rings (SSSR count). The van der Waals surface area contributed by atoms with E-state index in [2.05, 4.69) is 39.0 Å². The SMILES string of the molecule is CCN(CC)c1ccc(C(=O)Nc2ccc3nc(-c4ccco4)[nH]c3c2)cn1. The predicted molar refractivity (Wildman–Crippen MR) is 110 cm³/mol. The zero-order valence-electron chi connectivity index (χ0n) is 15.8. The first-order valence-corrected chi connectivity index (χ1v) is 9.24. The van der Waals surface area contributed by atoms with E-state index in [0.29, 0.717) is 22.8 Å². The second kappa shape index (κ2) is 7.56. The highest BCUT2D eigenvalue weighted by molar-refractivity contribution is 6.04. The number of H-pyrrole nitrogens is 1. The van der Waals surface area contributed by atoms with Crippen LogP contribution in [0.25, 0.3) is 22.6 Å².